The van der Waals surface area contributed by atoms with E-state index in [0.717, 1.165) is 21.9 Å². The third-order valence-electron chi connectivity index (χ3n) is 9.79. The van der Waals surface area contributed by atoms with E-state index in [0.29, 0.717) is 0 Å². The predicted octanol–water partition coefficient (Wildman–Crippen LogP) is 13.2. The van der Waals surface area contributed by atoms with Crippen LogP contribution in [-0.4, -0.2) is 0 Å². The molecule has 0 unspecified atom stereocenters. The number of hydrogen-bond acceptors (Lipinski definition) is 1. The van der Waals surface area contributed by atoms with Crippen molar-refractivity contribution in [2.24, 2.45) is 0 Å². The Hall–Kier alpha value is -6.18. The average molecular weight is 597 g/mol. The SMILES string of the molecule is c1ccc(-c2c3ccccc3c(-c3cccc(-c4cccc5cc6c(cc45)oc4cc5ccccc5cc46)c3)c3ccccc23)cc1. The fraction of sp³-hybridized carbons (Fsp3) is 0. The molecule has 0 aliphatic rings. The van der Waals surface area contributed by atoms with Gasteiger partial charge in [0.2, 0.25) is 0 Å². The van der Waals surface area contributed by atoms with Crippen LogP contribution in [-0.2, 0) is 0 Å². The molecule has 9 aromatic carbocycles. The molecule has 10 aromatic rings. The summed E-state index contributed by atoms with van der Waals surface area (Å²) in [4.78, 5) is 0. The van der Waals surface area contributed by atoms with Gasteiger partial charge in [0.15, 0.2) is 0 Å². The van der Waals surface area contributed by atoms with Crippen molar-refractivity contribution in [3.05, 3.63) is 170 Å². The van der Waals surface area contributed by atoms with E-state index in [9.17, 15) is 0 Å². The summed E-state index contributed by atoms with van der Waals surface area (Å²) in [5, 5.41) is 12.2. The number of fused-ring (bicyclic) bond motifs is 7. The minimum Gasteiger partial charge on any atom is -0.456 e. The maximum absolute atomic E-state index is 6.50. The molecule has 0 saturated carbocycles. The monoisotopic (exact) mass is 596 g/mol. The first-order chi connectivity index (χ1) is 23.3. The van der Waals surface area contributed by atoms with Crippen molar-refractivity contribution in [3.63, 3.8) is 0 Å². The Morgan fingerprint density at radius 2 is 0.766 bits per heavy atom. The highest BCUT2D eigenvalue weighted by Gasteiger charge is 2.17. The number of furan rings is 1. The summed E-state index contributed by atoms with van der Waals surface area (Å²) in [6.45, 7) is 0. The molecule has 10 rings (SSSR count). The molecule has 1 nitrogen and oxygen atoms in total. The summed E-state index contributed by atoms with van der Waals surface area (Å²) in [6, 6.07) is 61.6. The molecule has 0 fully saturated rings. The fourth-order valence-electron chi connectivity index (χ4n) is 7.68. The molecule has 0 bridgehead atoms. The highest BCUT2D eigenvalue weighted by molar-refractivity contribution is 6.22. The molecule has 0 saturated heterocycles. The van der Waals surface area contributed by atoms with E-state index in [2.05, 4.69) is 170 Å². The van der Waals surface area contributed by atoms with Crippen LogP contribution in [0.5, 0.6) is 0 Å². The van der Waals surface area contributed by atoms with Crippen molar-refractivity contribution in [3.8, 4) is 33.4 Å². The average Bonchev–Trinajstić information content (AvgIpc) is 3.48. The molecule has 0 radical (unpaired) electrons. The van der Waals surface area contributed by atoms with Crippen LogP contribution in [0.15, 0.2) is 174 Å². The minimum atomic E-state index is 0.917. The Balaban J connectivity index is 1.20. The maximum Gasteiger partial charge on any atom is 0.136 e. The normalized spacial score (nSPS) is 11.8. The molecule has 1 heterocycles. The van der Waals surface area contributed by atoms with Gasteiger partial charge in [-0.25, -0.2) is 0 Å². The van der Waals surface area contributed by atoms with Gasteiger partial charge in [-0.05, 0) is 107 Å². The summed E-state index contributed by atoms with van der Waals surface area (Å²) in [6.07, 6.45) is 0. The molecular weight excluding hydrogens is 569 g/mol. The van der Waals surface area contributed by atoms with Gasteiger partial charge in [0, 0.05) is 10.8 Å². The van der Waals surface area contributed by atoms with Crippen molar-refractivity contribution in [1.29, 1.82) is 0 Å². The molecule has 0 amide bonds. The number of benzene rings is 9. The first-order valence-corrected chi connectivity index (χ1v) is 16.2. The quantitative estimate of drug-likeness (QED) is 0.185. The second kappa shape index (κ2) is 10.2. The van der Waals surface area contributed by atoms with Gasteiger partial charge in [0.1, 0.15) is 11.2 Å². The first kappa shape index (κ1) is 26.1. The molecule has 0 N–H and O–H groups in total. The van der Waals surface area contributed by atoms with E-state index < -0.39 is 0 Å². The van der Waals surface area contributed by atoms with Gasteiger partial charge in [-0.1, -0.05) is 140 Å². The van der Waals surface area contributed by atoms with E-state index in [4.69, 9.17) is 4.42 Å². The van der Waals surface area contributed by atoms with Crippen LogP contribution in [0.2, 0.25) is 0 Å². The Morgan fingerprint density at radius 3 is 1.47 bits per heavy atom. The predicted molar refractivity (Wildman–Crippen MR) is 200 cm³/mol. The second-order valence-electron chi connectivity index (χ2n) is 12.5. The van der Waals surface area contributed by atoms with Crippen molar-refractivity contribution in [2.75, 3.05) is 0 Å². The first-order valence-electron chi connectivity index (χ1n) is 16.2. The summed E-state index contributed by atoms with van der Waals surface area (Å²) >= 11 is 0. The smallest absolute Gasteiger partial charge is 0.136 e. The number of rotatable bonds is 3. The molecule has 1 heteroatoms. The van der Waals surface area contributed by atoms with Crippen molar-refractivity contribution in [2.45, 2.75) is 0 Å². The lowest BCUT2D eigenvalue weighted by atomic mass is 9.85. The third-order valence-corrected chi connectivity index (χ3v) is 9.79. The zero-order valence-corrected chi connectivity index (χ0v) is 25.6. The topological polar surface area (TPSA) is 13.1 Å². The van der Waals surface area contributed by atoms with Crippen molar-refractivity contribution in [1.82, 2.24) is 0 Å². The highest BCUT2D eigenvalue weighted by atomic mass is 16.3. The van der Waals surface area contributed by atoms with E-state index in [-0.39, 0.29) is 0 Å². The Labute approximate surface area is 271 Å². The largest absolute Gasteiger partial charge is 0.456 e. The van der Waals surface area contributed by atoms with Crippen LogP contribution in [0.1, 0.15) is 0 Å². The van der Waals surface area contributed by atoms with Gasteiger partial charge >= 0.3 is 0 Å². The van der Waals surface area contributed by atoms with Crippen molar-refractivity contribution < 1.29 is 4.42 Å². The summed E-state index contributed by atoms with van der Waals surface area (Å²) in [5.74, 6) is 0. The molecule has 1 aromatic heterocycles. The van der Waals surface area contributed by atoms with E-state index in [1.807, 2.05) is 0 Å². The van der Waals surface area contributed by atoms with Crippen LogP contribution in [0.3, 0.4) is 0 Å². The van der Waals surface area contributed by atoms with Gasteiger partial charge in [-0.2, -0.15) is 0 Å². The van der Waals surface area contributed by atoms with Gasteiger partial charge in [-0.15, -0.1) is 0 Å². The molecule has 0 aliphatic carbocycles. The zero-order valence-electron chi connectivity index (χ0n) is 25.6. The van der Waals surface area contributed by atoms with Gasteiger partial charge in [0.05, 0.1) is 0 Å². The highest BCUT2D eigenvalue weighted by Crippen LogP contribution is 2.45. The maximum atomic E-state index is 6.50. The lowest BCUT2D eigenvalue weighted by molar-refractivity contribution is 0.670. The summed E-state index contributed by atoms with van der Waals surface area (Å²) in [5.41, 5.74) is 9.23. The molecule has 47 heavy (non-hydrogen) atoms. The van der Waals surface area contributed by atoms with E-state index in [1.54, 1.807) is 0 Å². The van der Waals surface area contributed by atoms with Crippen LogP contribution in [0.25, 0.3) is 98.4 Å². The molecule has 218 valence electrons. The molecule has 0 spiro atoms. The van der Waals surface area contributed by atoms with Crippen LogP contribution in [0.4, 0.5) is 0 Å². The Bertz CT molecular complexity index is 2780. The third kappa shape index (κ3) is 4.03. The molecule has 0 aliphatic heterocycles. The fourth-order valence-corrected chi connectivity index (χ4v) is 7.68. The summed E-state index contributed by atoms with van der Waals surface area (Å²) in [7, 11) is 0. The molecular formula is C46H28O. The summed E-state index contributed by atoms with van der Waals surface area (Å²) < 4.78 is 6.50. The lowest BCUT2D eigenvalue weighted by Gasteiger charge is -2.18. The Morgan fingerprint density at radius 1 is 0.277 bits per heavy atom. The Kier molecular flexibility index (Phi) is 5.64. The van der Waals surface area contributed by atoms with Crippen LogP contribution in [0, 0.1) is 0 Å². The van der Waals surface area contributed by atoms with Gasteiger partial charge in [0.25, 0.3) is 0 Å². The second-order valence-corrected chi connectivity index (χ2v) is 12.5. The zero-order chi connectivity index (χ0) is 30.9. The van der Waals surface area contributed by atoms with Gasteiger partial charge in [-0.3, -0.25) is 0 Å². The minimum absolute atomic E-state index is 0.917. The van der Waals surface area contributed by atoms with E-state index >= 15 is 0 Å². The van der Waals surface area contributed by atoms with E-state index in [1.165, 1.54) is 76.5 Å². The van der Waals surface area contributed by atoms with Crippen LogP contribution >= 0.6 is 0 Å². The molecule has 0 atom stereocenters. The van der Waals surface area contributed by atoms with Crippen molar-refractivity contribution >= 4 is 65.0 Å². The lowest BCUT2D eigenvalue weighted by Crippen LogP contribution is -1.91. The number of hydrogen-bond donors (Lipinski definition) is 0. The van der Waals surface area contributed by atoms with Crippen LogP contribution < -0.4 is 0 Å². The van der Waals surface area contributed by atoms with Gasteiger partial charge < -0.3 is 4.42 Å². The standard InChI is InChI=1S/C46H28O/c1-2-12-29(13-3-1)45-36-19-6-8-21-38(36)46(39-22-9-7-20-37(39)45)34-18-10-16-32(24-34)35-23-11-17-33-26-42-41-25-30-14-4-5-15-31(30)27-43(41)47-44(42)28-40(33)35/h1-28H.